The Bertz CT molecular complexity index is 1670. The molecule has 220 valence electrons. The summed E-state index contributed by atoms with van der Waals surface area (Å²) in [4.78, 5) is 9.56. The van der Waals surface area contributed by atoms with Crippen LogP contribution in [-0.2, 0) is 6.54 Å². The Hall–Kier alpha value is -2.40. The van der Waals surface area contributed by atoms with Crippen LogP contribution in [0.1, 0.15) is 16.8 Å². The topological polar surface area (TPSA) is 136 Å². The number of benzene rings is 4. The molecule has 0 atom stereocenters. The van der Waals surface area contributed by atoms with Crippen molar-refractivity contribution < 1.29 is 98.9 Å². The number of aromatic nitrogens is 3. The van der Waals surface area contributed by atoms with E-state index in [1.165, 1.54) is 13.1 Å². The van der Waals surface area contributed by atoms with Crippen LogP contribution in [0.15, 0.2) is 113 Å². The Morgan fingerprint density at radius 1 is 0.705 bits per heavy atom. The van der Waals surface area contributed by atoms with Gasteiger partial charge >= 0.3 is 321 Å². The molecule has 13 heteroatoms. The summed E-state index contributed by atoms with van der Waals surface area (Å²) in [6.07, 6.45) is 6.88. The fourth-order valence-corrected chi connectivity index (χ4v) is 4.83. The van der Waals surface area contributed by atoms with Crippen molar-refractivity contribution in [1.82, 2.24) is 15.2 Å². The molecule has 0 fully saturated rings. The Balaban J connectivity index is 0.000000208. The first-order valence-electron chi connectivity index (χ1n) is 12.4. The van der Waals surface area contributed by atoms with Gasteiger partial charge in [-0.05, 0) is 0 Å². The van der Waals surface area contributed by atoms with E-state index < -0.39 is 0 Å². The number of aryl methyl sites for hydroxylation is 1. The Labute approximate surface area is 317 Å². The molecule has 1 aromatic heterocycles. The van der Waals surface area contributed by atoms with E-state index in [2.05, 4.69) is 53.3 Å². The SMILES string of the molecule is C#Cc1ccc([211At])cc1.Cc1cnc(-c2ccc([211At])cc2)nn1.[N-]=[N+]=NCc1ccc([211At])cc1.[N-]=[N+]=Nc1ccc([211At])cc1. The van der Waals surface area contributed by atoms with Crippen molar-refractivity contribution in [2.45, 2.75) is 13.5 Å². The molecule has 1 heterocycles. The summed E-state index contributed by atoms with van der Waals surface area (Å²) in [7, 11) is 0. The van der Waals surface area contributed by atoms with Crippen molar-refractivity contribution in [3.8, 4) is 23.7 Å². The van der Waals surface area contributed by atoms with Crippen LogP contribution in [0.25, 0.3) is 32.3 Å². The van der Waals surface area contributed by atoms with E-state index in [1.807, 2.05) is 79.7 Å². The molecule has 0 aliphatic heterocycles. The van der Waals surface area contributed by atoms with E-state index in [4.69, 9.17) is 17.5 Å². The van der Waals surface area contributed by atoms with Gasteiger partial charge in [-0.1, -0.05) is 0 Å². The van der Waals surface area contributed by atoms with Gasteiger partial charge in [0.05, 0.1) is 0 Å². The van der Waals surface area contributed by atoms with E-state index in [0.717, 1.165) is 22.4 Å². The zero-order valence-corrected chi connectivity index (χ0v) is 34.9. The molecular weight excluding hydrogens is 1340 g/mol. The van der Waals surface area contributed by atoms with Gasteiger partial charge in [-0.15, -0.1) is 0 Å². The zero-order valence-electron chi connectivity index (χ0n) is 23.1. The molecule has 5 aromatic rings. The average molecular weight is 1370 g/mol. The number of rotatable bonds is 4. The predicted octanol–water partition coefficient (Wildman–Crippen LogP) is 5.34. The van der Waals surface area contributed by atoms with Crippen LogP contribution in [0, 0.1) is 118 Å². The summed E-state index contributed by atoms with van der Waals surface area (Å²) in [6, 6.07) is 31.6. The van der Waals surface area contributed by atoms with Gasteiger partial charge in [0.1, 0.15) is 0 Å². The first kappa shape index (κ1) is 37.8. The van der Waals surface area contributed by atoms with E-state index >= 15 is 0 Å². The van der Waals surface area contributed by atoms with Crippen LogP contribution in [0.5, 0.6) is 0 Å². The van der Waals surface area contributed by atoms with Gasteiger partial charge in [-0.2, -0.15) is 0 Å². The van der Waals surface area contributed by atoms with Gasteiger partial charge < -0.3 is 0 Å². The molecular formula is C31H23At4N9. The molecule has 44 heavy (non-hydrogen) atoms. The zero-order chi connectivity index (χ0) is 32.2. The first-order chi connectivity index (χ1) is 21.2. The van der Waals surface area contributed by atoms with Gasteiger partial charge in [-0.25, -0.2) is 0 Å². The number of nitrogens with zero attached hydrogens (tertiary/aromatic N) is 9. The van der Waals surface area contributed by atoms with E-state index in [9.17, 15) is 0 Å². The van der Waals surface area contributed by atoms with Gasteiger partial charge in [-0.3, -0.25) is 0 Å². The molecule has 4 aromatic carbocycles. The summed E-state index contributed by atoms with van der Waals surface area (Å²) >= 11 is 6.58. The third-order valence-electron chi connectivity index (χ3n) is 5.01. The minimum atomic E-state index is 0.447. The number of hydrogen-bond acceptors (Lipinski definition) is 5. The fraction of sp³-hybridized carbons (Fsp3) is 0.0645. The normalized spacial score (nSPS) is 9.09. The second-order valence-electron chi connectivity index (χ2n) is 8.26. The molecule has 9 nitrogen and oxygen atoms in total. The number of terminal acetylenes is 1. The predicted molar refractivity (Wildman–Crippen MR) is 157 cm³/mol. The van der Waals surface area contributed by atoms with Gasteiger partial charge in [0, 0.05) is 0 Å². The first-order valence-corrected chi connectivity index (χ1v) is 18.3. The molecule has 0 aliphatic carbocycles. The summed E-state index contributed by atoms with van der Waals surface area (Å²) in [5.74, 6) is 3.24. The molecule has 0 saturated carbocycles. The molecule has 0 radical (unpaired) electrons. The molecule has 0 bridgehead atoms. The Kier molecular flexibility index (Phi) is 19.0. The summed E-state index contributed by atoms with van der Waals surface area (Å²) < 4.78 is 5.08. The minimum absolute atomic E-state index is 0.447. The van der Waals surface area contributed by atoms with Gasteiger partial charge in [0.2, 0.25) is 0 Å². The van der Waals surface area contributed by atoms with Crippen LogP contribution >= 0.6 is 0 Å². The molecule has 0 unspecified atom stereocenters. The summed E-state index contributed by atoms with van der Waals surface area (Å²) in [6.45, 7) is 2.32. The number of hydrogen-bond donors (Lipinski definition) is 0. The van der Waals surface area contributed by atoms with E-state index in [-0.39, 0.29) is 0 Å². The summed E-state index contributed by atoms with van der Waals surface area (Å²) in [5.41, 5.74) is 20.6. The van der Waals surface area contributed by atoms with Crippen molar-refractivity contribution in [2.75, 3.05) is 0 Å². The molecule has 0 aliphatic rings. The van der Waals surface area contributed by atoms with E-state index in [1.54, 1.807) is 117 Å². The Morgan fingerprint density at radius 3 is 1.66 bits per heavy atom. The van der Waals surface area contributed by atoms with Crippen molar-refractivity contribution in [3.05, 3.63) is 141 Å². The van der Waals surface area contributed by atoms with Gasteiger partial charge in [0.15, 0.2) is 0 Å². The summed E-state index contributed by atoms with van der Waals surface area (Å²) in [5, 5.41) is 14.9. The molecule has 0 saturated heterocycles. The average Bonchev–Trinajstić information content (AvgIpc) is 3.04. The molecule has 0 spiro atoms. The van der Waals surface area contributed by atoms with Crippen molar-refractivity contribution in [1.29, 1.82) is 0 Å². The van der Waals surface area contributed by atoms with E-state index in [0.29, 0.717) is 18.1 Å². The Morgan fingerprint density at radius 2 is 1.20 bits per heavy atom. The molecule has 0 N–H and O–H groups in total. The van der Waals surface area contributed by atoms with Crippen LogP contribution in [0.4, 0.5) is 5.69 Å². The standard InChI is InChI=1S/C10H8AtN3.C8H5At.C7H6AtN3.C6H4AtN3/c1-7-6-12-10(14-13-7)8-2-4-9(11)5-3-8;1-2-7-3-5-8(9)6-4-7;8-7-3-1-6(2-4-7)5-10-11-9;7-5-1-3-6(4-2-5)9-10-8/h2-6H,1H3;1,3-6H;1-4H,5H2;1-4H/i11+1;9+1;8+1;7+1. The molecule has 0 amide bonds. The van der Waals surface area contributed by atoms with Gasteiger partial charge in [0.25, 0.3) is 0 Å². The second-order valence-corrected chi connectivity index (χ2v) is 15.0. The van der Waals surface area contributed by atoms with Crippen LogP contribution in [0.3, 0.4) is 0 Å². The fourth-order valence-electron chi connectivity index (χ4n) is 2.87. The monoisotopic (exact) mass is 1370 g/mol. The van der Waals surface area contributed by atoms with Crippen LogP contribution in [0.2, 0.25) is 0 Å². The maximum atomic E-state index is 8.05. The van der Waals surface area contributed by atoms with Crippen LogP contribution < -0.4 is 13.1 Å². The second kappa shape index (κ2) is 22.2. The van der Waals surface area contributed by atoms with Crippen molar-refractivity contribution >= 4 is 18.8 Å². The molecule has 5 rings (SSSR count). The van der Waals surface area contributed by atoms with Crippen LogP contribution in [-0.4, -0.2) is 15.2 Å². The van der Waals surface area contributed by atoms with Crippen molar-refractivity contribution in [3.63, 3.8) is 0 Å². The number of azide groups is 2. The quantitative estimate of drug-likeness (QED) is 0.104. The van der Waals surface area contributed by atoms with Crippen molar-refractivity contribution in [2.24, 2.45) is 10.2 Å². The third kappa shape index (κ3) is 16.1. The third-order valence-corrected chi connectivity index (χ3v) is 8.92. The maximum absolute atomic E-state index is 8.05.